The van der Waals surface area contributed by atoms with Crippen molar-refractivity contribution in [1.29, 1.82) is 5.41 Å². The van der Waals surface area contributed by atoms with E-state index in [1.807, 2.05) is 13.8 Å². The van der Waals surface area contributed by atoms with E-state index in [0.29, 0.717) is 11.1 Å². The minimum atomic E-state index is -4.09. The number of carbonyl (C=O) groups excluding carboxylic acids is 1. The Balaban J connectivity index is 1.65. The van der Waals surface area contributed by atoms with Crippen LogP contribution in [0.1, 0.15) is 25.0 Å². The quantitative estimate of drug-likeness (QED) is 0.0851. The van der Waals surface area contributed by atoms with Crippen molar-refractivity contribution in [3.8, 4) is 11.3 Å². The van der Waals surface area contributed by atoms with Gasteiger partial charge in [0.15, 0.2) is 5.82 Å². The lowest BCUT2D eigenvalue weighted by atomic mass is 10.1. The zero-order chi connectivity index (χ0) is 31.3. The van der Waals surface area contributed by atoms with Gasteiger partial charge in [0, 0.05) is 29.4 Å². The Bertz CT molecular complexity index is 1820. The zero-order valence-corrected chi connectivity index (χ0v) is 24.2. The summed E-state index contributed by atoms with van der Waals surface area (Å²) in [5.41, 5.74) is 13.1. The molecular formula is C29H31FN8O4S. The van der Waals surface area contributed by atoms with Crippen molar-refractivity contribution in [2.24, 2.45) is 5.73 Å². The maximum atomic E-state index is 13.5. The number of nitrogens with two attached hydrogens (primary N) is 2. The number of aromatic nitrogens is 2. The molecule has 1 amide bonds. The second-order valence-corrected chi connectivity index (χ2v) is 11.7. The number of rotatable bonds is 11. The lowest BCUT2D eigenvalue weighted by Gasteiger charge is -2.17. The minimum Gasteiger partial charge on any atom is -0.399 e. The predicted molar refractivity (Wildman–Crippen MR) is 164 cm³/mol. The molecule has 0 saturated carbocycles. The van der Waals surface area contributed by atoms with Crippen LogP contribution in [-0.2, 0) is 27.9 Å². The van der Waals surface area contributed by atoms with Gasteiger partial charge in [-0.05, 0) is 61.9 Å². The third-order valence-electron chi connectivity index (χ3n) is 6.16. The number of nitrogens with one attached hydrogen (secondary N) is 4. The average Bonchev–Trinajstić information content (AvgIpc) is 2.93. The number of sulfonamides is 1. The summed E-state index contributed by atoms with van der Waals surface area (Å²) in [6, 6.07) is 15.4. The van der Waals surface area contributed by atoms with Gasteiger partial charge in [-0.25, -0.2) is 17.8 Å². The topological polar surface area (TPSA) is 198 Å². The molecule has 0 fully saturated rings. The van der Waals surface area contributed by atoms with Crippen LogP contribution in [0.3, 0.4) is 0 Å². The van der Waals surface area contributed by atoms with Gasteiger partial charge in [-0.1, -0.05) is 24.3 Å². The standard InChI is InChI=1S/C29H31FN8O4S/c1-17(2)36-28-29(40)38(16-26(39)34-14-18-3-5-19(6-4-18)27(32)33)25(15-35-28)20-11-22(31)13-23(12-20)37-43(41,42)24-9-7-21(30)8-10-24/h3-13,15,17,37H,14,16,31H2,1-2H3,(H3,32,33)(H,34,39)(H,35,36). The molecule has 43 heavy (non-hydrogen) atoms. The molecule has 0 atom stereocenters. The van der Waals surface area contributed by atoms with Crippen LogP contribution >= 0.6 is 0 Å². The fourth-order valence-electron chi connectivity index (χ4n) is 4.14. The molecule has 0 unspecified atom stereocenters. The molecule has 12 nitrogen and oxygen atoms in total. The fourth-order valence-corrected chi connectivity index (χ4v) is 5.18. The first-order valence-electron chi connectivity index (χ1n) is 13.1. The van der Waals surface area contributed by atoms with Gasteiger partial charge in [0.1, 0.15) is 18.2 Å². The summed E-state index contributed by atoms with van der Waals surface area (Å²) in [7, 11) is -4.09. The molecule has 4 rings (SSSR count). The molecular weight excluding hydrogens is 575 g/mol. The van der Waals surface area contributed by atoms with Crippen molar-refractivity contribution in [2.75, 3.05) is 15.8 Å². The molecule has 0 saturated heterocycles. The Hall–Kier alpha value is -5.24. The van der Waals surface area contributed by atoms with Crippen LogP contribution in [-0.4, -0.2) is 35.8 Å². The summed E-state index contributed by atoms with van der Waals surface area (Å²) in [5.74, 6) is -1.09. The van der Waals surface area contributed by atoms with Gasteiger partial charge in [-0.3, -0.25) is 24.3 Å². The van der Waals surface area contributed by atoms with Crippen molar-refractivity contribution in [3.63, 3.8) is 0 Å². The third-order valence-corrected chi connectivity index (χ3v) is 7.56. The van der Waals surface area contributed by atoms with Gasteiger partial charge in [0.25, 0.3) is 15.6 Å². The highest BCUT2D eigenvalue weighted by atomic mass is 32.2. The molecule has 0 bridgehead atoms. The zero-order valence-electron chi connectivity index (χ0n) is 23.4. The SMILES string of the molecule is CC(C)Nc1ncc(-c2cc(N)cc(NS(=O)(=O)c3ccc(F)cc3)c2)n(CC(=O)NCc2ccc(C(=N)N)cc2)c1=O. The highest BCUT2D eigenvalue weighted by Gasteiger charge is 2.19. The first-order chi connectivity index (χ1) is 20.3. The number of anilines is 3. The first kappa shape index (κ1) is 30.7. The van der Waals surface area contributed by atoms with Gasteiger partial charge < -0.3 is 22.1 Å². The van der Waals surface area contributed by atoms with Gasteiger partial charge in [-0.15, -0.1) is 0 Å². The minimum absolute atomic E-state index is 0.0347. The molecule has 0 aliphatic heterocycles. The smallest absolute Gasteiger partial charge is 0.294 e. The van der Waals surface area contributed by atoms with E-state index in [1.54, 1.807) is 24.3 Å². The summed E-state index contributed by atoms with van der Waals surface area (Å²) < 4.78 is 42.8. The predicted octanol–water partition coefficient (Wildman–Crippen LogP) is 2.85. The van der Waals surface area contributed by atoms with Gasteiger partial charge >= 0.3 is 0 Å². The Morgan fingerprint density at radius 1 is 1.07 bits per heavy atom. The molecule has 14 heteroatoms. The van der Waals surface area contributed by atoms with Crippen LogP contribution < -0.4 is 32.4 Å². The van der Waals surface area contributed by atoms with Crippen molar-refractivity contribution in [1.82, 2.24) is 14.9 Å². The largest absolute Gasteiger partial charge is 0.399 e. The monoisotopic (exact) mass is 606 g/mol. The average molecular weight is 607 g/mol. The van der Waals surface area contributed by atoms with Crippen LogP contribution in [0.5, 0.6) is 0 Å². The van der Waals surface area contributed by atoms with E-state index in [1.165, 1.54) is 29.0 Å². The highest BCUT2D eigenvalue weighted by molar-refractivity contribution is 7.92. The number of nitrogens with zero attached hydrogens (tertiary/aromatic N) is 2. The van der Waals surface area contributed by atoms with Crippen molar-refractivity contribution in [3.05, 3.63) is 100 Å². The van der Waals surface area contributed by atoms with Gasteiger partial charge in [0.05, 0.1) is 22.5 Å². The Kier molecular flexibility index (Phi) is 9.09. The lowest BCUT2D eigenvalue weighted by Crippen LogP contribution is -2.35. The van der Waals surface area contributed by atoms with Crippen LogP contribution in [0.2, 0.25) is 0 Å². The maximum absolute atomic E-state index is 13.5. The van der Waals surface area contributed by atoms with E-state index < -0.39 is 27.3 Å². The number of halogens is 1. The summed E-state index contributed by atoms with van der Waals surface area (Å²) in [6.45, 7) is 3.46. The van der Waals surface area contributed by atoms with Crippen molar-refractivity contribution < 1.29 is 17.6 Å². The maximum Gasteiger partial charge on any atom is 0.294 e. The third kappa shape index (κ3) is 7.74. The number of amidine groups is 1. The number of carbonyl (C=O) groups is 1. The summed E-state index contributed by atoms with van der Waals surface area (Å²) in [6.07, 6.45) is 1.40. The molecule has 4 aromatic rings. The molecule has 0 radical (unpaired) electrons. The summed E-state index contributed by atoms with van der Waals surface area (Å²) in [4.78, 5) is 30.6. The van der Waals surface area contributed by atoms with E-state index in [-0.39, 0.29) is 52.7 Å². The Morgan fingerprint density at radius 3 is 2.37 bits per heavy atom. The van der Waals surface area contributed by atoms with Crippen LogP contribution in [0.4, 0.5) is 21.6 Å². The highest BCUT2D eigenvalue weighted by Crippen LogP contribution is 2.27. The Labute approximate surface area is 247 Å². The molecule has 0 spiro atoms. The Morgan fingerprint density at radius 2 is 1.74 bits per heavy atom. The summed E-state index contributed by atoms with van der Waals surface area (Å²) >= 11 is 0. The van der Waals surface area contributed by atoms with E-state index in [0.717, 1.165) is 29.8 Å². The molecule has 0 aliphatic carbocycles. The van der Waals surface area contributed by atoms with Gasteiger partial charge in [0.2, 0.25) is 5.91 Å². The fraction of sp³-hybridized carbons (Fsp3) is 0.172. The normalized spacial score (nSPS) is 11.3. The van der Waals surface area contributed by atoms with Crippen molar-refractivity contribution in [2.45, 2.75) is 37.9 Å². The van der Waals surface area contributed by atoms with E-state index in [9.17, 15) is 22.4 Å². The first-order valence-corrected chi connectivity index (χ1v) is 14.6. The van der Waals surface area contributed by atoms with E-state index in [4.69, 9.17) is 16.9 Å². The number of amides is 1. The van der Waals surface area contributed by atoms with Crippen LogP contribution in [0.15, 0.2) is 82.6 Å². The molecule has 1 aromatic heterocycles. The lowest BCUT2D eigenvalue weighted by molar-refractivity contribution is -0.121. The van der Waals surface area contributed by atoms with E-state index in [2.05, 4.69) is 20.3 Å². The number of benzene rings is 3. The van der Waals surface area contributed by atoms with Crippen molar-refractivity contribution >= 4 is 39.0 Å². The molecule has 0 aliphatic rings. The molecule has 8 N–H and O–H groups in total. The van der Waals surface area contributed by atoms with E-state index >= 15 is 0 Å². The van der Waals surface area contributed by atoms with Crippen LogP contribution in [0.25, 0.3) is 11.3 Å². The summed E-state index contributed by atoms with van der Waals surface area (Å²) in [5, 5.41) is 13.2. The second kappa shape index (κ2) is 12.7. The molecule has 224 valence electrons. The van der Waals surface area contributed by atoms with Crippen LogP contribution in [0, 0.1) is 11.2 Å². The number of hydrogen-bond donors (Lipinski definition) is 6. The van der Waals surface area contributed by atoms with Gasteiger partial charge in [-0.2, -0.15) is 0 Å². The molecule has 1 heterocycles. The second-order valence-electron chi connectivity index (χ2n) is 9.97. The molecule has 3 aromatic carbocycles. The number of hydrogen-bond acceptors (Lipinski definition) is 8. The number of nitrogen functional groups attached to an aromatic ring is 2.